The van der Waals surface area contributed by atoms with Crippen molar-refractivity contribution in [2.75, 3.05) is 13.2 Å². The highest BCUT2D eigenvalue weighted by Gasteiger charge is 2.35. The Balaban J connectivity index is 1.84. The fourth-order valence-electron chi connectivity index (χ4n) is 2.71. The number of carbonyl (C=O) groups is 2. The van der Waals surface area contributed by atoms with E-state index in [0.717, 1.165) is 22.9 Å². The first-order valence-electron chi connectivity index (χ1n) is 8.81. The second-order valence-electron chi connectivity index (χ2n) is 5.82. The molecule has 0 aliphatic carbocycles. The number of hydrogen-bond donors (Lipinski definition) is 0. The van der Waals surface area contributed by atoms with Gasteiger partial charge in [0.2, 0.25) is 0 Å². The summed E-state index contributed by atoms with van der Waals surface area (Å²) in [7, 11) is 0. The Hall–Kier alpha value is -2.73. The molecule has 0 bridgehead atoms. The van der Waals surface area contributed by atoms with Gasteiger partial charge in [-0.05, 0) is 49.4 Å². The third-order valence-electron chi connectivity index (χ3n) is 3.94. The van der Waals surface area contributed by atoms with Crippen molar-refractivity contribution < 1.29 is 19.1 Å². The van der Waals surface area contributed by atoms with Crippen LogP contribution in [-0.2, 0) is 11.3 Å². The van der Waals surface area contributed by atoms with E-state index in [1.807, 2.05) is 56.3 Å². The fourth-order valence-corrected chi connectivity index (χ4v) is 3.54. The van der Waals surface area contributed by atoms with Crippen molar-refractivity contribution >= 4 is 29.0 Å². The lowest BCUT2D eigenvalue weighted by Crippen LogP contribution is -2.27. The first-order chi connectivity index (χ1) is 13.1. The number of thioether (sulfide) groups is 1. The molecule has 6 heteroatoms. The lowest BCUT2D eigenvalue weighted by molar-refractivity contribution is -0.123. The van der Waals surface area contributed by atoms with Gasteiger partial charge in [0, 0.05) is 11.6 Å². The summed E-state index contributed by atoms with van der Waals surface area (Å²) in [5, 5.41) is -0.265. The second kappa shape index (κ2) is 8.77. The number of ether oxygens (including phenoxy) is 2. The molecule has 5 nitrogen and oxygen atoms in total. The van der Waals surface area contributed by atoms with Crippen molar-refractivity contribution in [2.24, 2.45) is 0 Å². The molecule has 0 unspecified atom stereocenters. The van der Waals surface area contributed by atoms with E-state index >= 15 is 0 Å². The van der Waals surface area contributed by atoms with Crippen molar-refractivity contribution in [1.29, 1.82) is 0 Å². The van der Waals surface area contributed by atoms with E-state index < -0.39 is 0 Å². The van der Waals surface area contributed by atoms with Crippen LogP contribution in [0.1, 0.15) is 25.0 Å². The van der Waals surface area contributed by atoms with Gasteiger partial charge in [-0.2, -0.15) is 0 Å². The number of carbonyl (C=O) groups excluding carboxylic acids is 2. The number of hydrogen-bond acceptors (Lipinski definition) is 5. The van der Waals surface area contributed by atoms with Gasteiger partial charge in [-0.15, -0.1) is 0 Å². The molecule has 2 aromatic carbocycles. The third-order valence-corrected chi connectivity index (χ3v) is 4.85. The minimum Gasteiger partial charge on any atom is -0.494 e. The maximum absolute atomic E-state index is 12.7. The Bertz CT molecular complexity index is 864. The summed E-state index contributed by atoms with van der Waals surface area (Å²) in [5.41, 5.74) is 1.66. The van der Waals surface area contributed by atoms with E-state index in [-0.39, 0.29) is 17.7 Å². The van der Waals surface area contributed by atoms with E-state index in [4.69, 9.17) is 9.47 Å². The highest BCUT2D eigenvalue weighted by atomic mass is 32.2. The number of nitrogens with zero attached hydrogens (tertiary/aromatic N) is 1. The Kier molecular flexibility index (Phi) is 6.19. The molecule has 140 valence electrons. The van der Waals surface area contributed by atoms with Crippen molar-refractivity contribution in [1.82, 2.24) is 4.90 Å². The zero-order valence-corrected chi connectivity index (χ0v) is 16.1. The van der Waals surface area contributed by atoms with Crippen LogP contribution in [0.2, 0.25) is 0 Å². The van der Waals surface area contributed by atoms with Crippen molar-refractivity contribution in [3.63, 3.8) is 0 Å². The normalized spacial score (nSPS) is 15.5. The first kappa shape index (κ1) is 19.0. The van der Waals surface area contributed by atoms with Gasteiger partial charge in [0.05, 0.1) is 24.7 Å². The summed E-state index contributed by atoms with van der Waals surface area (Å²) in [4.78, 5) is 26.7. The summed E-state index contributed by atoms with van der Waals surface area (Å²) in [6.45, 7) is 5.13. The Morgan fingerprint density at radius 1 is 1.00 bits per heavy atom. The molecule has 2 aromatic rings. The van der Waals surface area contributed by atoms with Gasteiger partial charge in [0.25, 0.3) is 11.1 Å². The molecule has 1 aliphatic heterocycles. The Labute approximate surface area is 163 Å². The van der Waals surface area contributed by atoms with E-state index in [1.54, 1.807) is 12.1 Å². The molecule has 0 radical (unpaired) electrons. The second-order valence-corrected chi connectivity index (χ2v) is 6.81. The van der Waals surface area contributed by atoms with Crippen LogP contribution in [0.25, 0.3) is 6.08 Å². The molecule has 0 aromatic heterocycles. The van der Waals surface area contributed by atoms with E-state index in [0.29, 0.717) is 29.6 Å². The van der Waals surface area contributed by atoms with Gasteiger partial charge in [0.15, 0.2) is 0 Å². The minimum absolute atomic E-state index is 0.265. The standard InChI is InChI=1S/C21H21NO4S/c1-3-25-17-11-10-16(18(13-17)26-4-2)12-19-20(23)22(21(24)27-19)14-15-8-6-5-7-9-15/h5-13H,3-4,14H2,1-2H3/b19-12-. The fraction of sp³-hybridized carbons (Fsp3) is 0.238. The van der Waals surface area contributed by atoms with Crippen LogP contribution in [0.15, 0.2) is 53.4 Å². The van der Waals surface area contributed by atoms with Crippen LogP contribution in [0, 0.1) is 0 Å². The predicted octanol–water partition coefficient (Wildman–Crippen LogP) is 4.72. The molecule has 27 heavy (non-hydrogen) atoms. The SMILES string of the molecule is CCOc1ccc(/C=C2\SC(=O)N(Cc3ccccc3)C2=O)c(OCC)c1. The highest BCUT2D eigenvalue weighted by Crippen LogP contribution is 2.35. The summed E-state index contributed by atoms with van der Waals surface area (Å²) < 4.78 is 11.2. The van der Waals surface area contributed by atoms with Gasteiger partial charge in [-0.25, -0.2) is 0 Å². The molecule has 1 saturated heterocycles. The largest absolute Gasteiger partial charge is 0.494 e. The summed E-state index contributed by atoms with van der Waals surface area (Å²) in [6, 6.07) is 14.9. The monoisotopic (exact) mass is 383 g/mol. The van der Waals surface area contributed by atoms with Gasteiger partial charge < -0.3 is 9.47 Å². The summed E-state index contributed by atoms with van der Waals surface area (Å²) in [5.74, 6) is 1.04. The molecule has 1 fully saturated rings. The molecule has 0 saturated carbocycles. The molecular formula is C21H21NO4S. The average Bonchev–Trinajstić information content (AvgIpc) is 2.93. The van der Waals surface area contributed by atoms with E-state index in [2.05, 4.69) is 0 Å². The average molecular weight is 383 g/mol. The number of rotatable bonds is 7. The lowest BCUT2D eigenvalue weighted by atomic mass is 10.1. The van der Waals surface area contributed by atoms with E-state index in [9.17, 15) is 9.59 Å². The van der Waals surface area contributed by atoms with Crippen molar-refractivity contribution in [3.05, 3.63) is 64.6 Å². The molecule has 3 rings (SSSR count). The zero-order valence-electron chi connectivity index (χ0n) is 15.3. The van der Waals surface area contributed by atoms with Gasteiger partial charge in [-0.3, -0.25) is 14.5 Å². The van der Waals surface area contributed by atoms with E-state index in [1.165, 1.54) is 4.90 Å². The number of benzene rings is 2. The smallest absolute Gasteiger partial charge is 0.293 e. The van der Waals surface area contributed by atoms with Crippen LogP contribution in [0.3, 0.4) is 0 Å². The van der Waals surface area contributed by atoms with Crippen LogP contribution in [-0.4, -0.2) is 29.3 Å². The van der Waals surface area contributed by atoms with Crippen molar-refractivity contribution in [2.45, 2.75) is 20.4 Å². The predicted molar refractivity (Wildman–Crippen MR) is 107 cm³/mol. The number of amides is 2. The number of imide groups is 1. The van der Waals surface area contributed by atoms with Crippen molar-refractivity contribution in [3.8, 4) is 11.5 Å². The Morgan fingerprint density at radius 3 is 2.44 bits per heavy atom. The zero-order chi connectivity index (χ0) is 19.2. The maximum atomic E-state index is 12.7. The molecule has 0 N–H and O–H groups in total. The Morgan fingerprint density at radius 2 is 1.74 bits per heavy atom. The van der Waals surface area contributed by atoms with Gasteiger partial charge in [-0.1, -0.05) is 30.3 Å². The molecular weight excluding hydrogens is 362 g/mol. The first-order valence-corrected chi connectivity index (χ1v) is 9.63. The quantitative estimate of drug-likeness (QED) is 0.648. The molecule has 0 spiro atoms. The molecule has 1 aliphatic rings. The lowest BCUT2D eigenvalue weighted by Gasteiger charge is -2.12. The van der Waals surface area contributed by atoms with Gasteiger partial charge in [0.1, 0.15) is 11.5 Å². The van der Waals surface area contributed by atoms with Crippen LogP contribution < -0.4 is 9.47 Å². The molecule has 2 amide bonds. The maximum Gasteiger partial charge on any atom is 0.293 e. The molecule has 0 atom stereocenters. The minimum atomic E-state index is -0.287. The molecule has 1 heterocycles. The highest BCUT2D eigenvalue weighted by molar-refractivity contribution is 8.18. The van der Waals surface area contributed by atoms with Crippen LogP contribution >= 0.6 is 11.8 Å². The summed E-state index contributed by atoms with van der Waals surface area (Å²) in [6.07, 6.45) is 1.70. The third kappa shape index (κ3) is 4.52. The topological polar surface area (TPSA) is 55.8 Å². The van der Waals surface area contributed by atoms with Crippen LogP contribution in [0.5, 0.6) is 11.5 Å². The van der Waals surface area contributed by atoms with Gasteiger partial charge >= 0.3 is 0 Å². The summed E-state index contributed by atoms with van der Waals surface area (Å²) >= 11 is 0.949. The van der Waals surface area contributed by atoms with Crippen LogP contribution in [0.4, 0.5) is 4.79 Å².